The molecule has 1 saturated heterocycles. The molecule has 1 fully saturated rings. The van der Waals surface area contributed by atoms with Crippen LogP contribution in [0.25, 0.3) is 0 Å². The minimum absolute atomic E-state index is 0.196. The number of hydrogen-bond acceptors (Lipinski definition) is 3. The van der Waals surface area contributed by atoms with E-state index < -0.39 is 18.1 Å². The second kappa shape index (κ2) is 6.90. The summed E-state index contributed by atoms with van der Waals surface area (Å²) in [5.74, 6) is 0. The first kappa shape index (κ1) is 18.1. The van der Waals surface area contributed by atoms with Gasteiger partial charge in [0.05, 0.1) is 6.04 Å². The van der Waals surface area contributed by atoms with E-state index in [-0.39, 0.29) is 11.5 Å². The molecule has 1 rings (SSSR count). The number of ether oxygens (including phenoxy) is 1. The van der Waals surface area contributed by atoms with Gasteiger partial charge in [-0.05, 0) is 46.0 Å². The maximum Gasteiger partial charge on any atom is 0.410 e. The van der Waals surface area contributed by atoms with Crippen molar-refractivity contribution in [2.75, 3.05) is 19.6 Å². The number of nitrogens with zero attached hydrogens (tertiary/aromatic N) is 1. The highest BCUT2D eigenvalue weighted by molar-refractivity contribution is 5.68. The van der Waals surface area contributed by atoms with Gasteiger partial charge in [0.1, 0.15) is 5.60 Å². The first-order valence-electron chi connectivity index (χ1n) is 7.52. The van der Waals surface area contributed by atoms with Gasteiger partial charge >= 0.3 is 6.09 Å². The van der Waals surface area contributed by atoms with Gasteiger partial charge in [0.2, 0.25) is 0 Å². The van der Waals surface area contributed by atoms with Gasteiger partial charge in [-0.1, -0.05) is 6.92 Å². The number of piperidine rings is 1. The van der Waals surface area contributed by atoms with Crippen molar-refractivity contribution in [3.8, 4) is 0 Å². The predicted octanol–water partition coefficient (Wildman–Crippen LogP) is 3.27. The molecule has 1 N–H and O–H groups in total. The Morgan fingerprint density at radius 1 is 1.43 bits per heavy atom. The lowest BCUT2D eigenvalue weighted by Gasteiger charge is -2.41. The lowest BCUT2D eigenvalue weighted by Crippen LogP contribution is -2.51. The Labute approximate surface area is 126 Å². The monoisotopic (exact) mass is 306 g/mol. The quantitative estimate of drug-likeness (QED) is 0.867. The average molecular weight is 306 g/mol. The van der Waals surface area contributed by atoms with Crippen molar-refractivity contribution in [2.24, 2.45) is 5.41 Å². The van der Waals surface area contributed by atoms with Gasteiger partial charge in [0.15, 0.2) is 0 Å². The molecule has 6 heteroatoms. The number of carbonyl (C=O) groups excluding carboxylic acids is 1. The van der Waals surface area contributed by atoms with Crippen LogP contribution in [0.1, 0.15) is 47.5 Å². The van der Waals surface area contributed by atoms with Crippen LogP contribution in [0.4, 0.5) is 13.6 Å². The Morgan fingerprint density at radius 2 is 2.05 bits per heavy atom. The third-order valence-corrected chi connectivity index (χ3v) is 3.66. The van der Waals surface area contributed by atoms with E-state index in [0.717, 1.165) is 12.8 Å². The van der Waals surface area contributed by atoms with Gasteiger partial charge in [-0.25, -0.2) is 13.6 Å². The Balaban J connectivity index is 2.56. The van der Waals surface area contributed by atoms with Crippen LogP contribution in [0.2, 0.25) is 0 Å². The van der Waals surface area contributed by atoms with Gasteiger partial charge in [0.25, 0.3) is 6.43 Å². The largest absolute Gasteiger partial charge is 0.444 e. The van der Waals surface area contributed by atoms with Crippen LogP contribution in [0, 0.1) is 5.41 Å². The molecule has 0 aliphatic carbocycles. The number of nitrogens with one attached hydrogen (secondary N) is 1. The van der Waals surface area contributed by atoms with E-state index in [4.69, 9.17) is 4.74 Å². The van der Waals surface area contributed by atoms with E-state index in [1.807, 2.05) is 27.7 Å². The highest BCUT2D eigenvalue weighted by atomic mass is 19.3. The lowest BCUT2D eigenvalue weighted by molar-refractivity contribution is 0.00519. The number of carbonyl (C=O) groups is 1. The molecule has 0 aromatic carbocycles. The van der Waals surface area contributed by atoms with Crippen LogP contribution in [0.3, 0.4) is 0 Å². The molecular formula is C15H28F2N2O2. The molecule has 0 bridgehead atoms. The number of likely N-dealkylation sites (tertiary alicyclic amines) is 1. The number of halogens is 2. The van der Waals surface area contributed by atoms with E-state index in [9.17, 15) is 13.6 Å². The number of alkyl halides is 2. The highest BCUT2D eigenvalue weighted by Crippen LogP contribution is 2.30. The van der Waals surface area contributed by atoms with Crippen LogP contribution in [-0.4, -0.2) is 48.7 Å². The average Bonchev–Trinajstić information content (AvgIpc) is 2.34. The summed E-state index contributed by atoms with van der Waals surface area (Å²) in [4.78, 5) is 13.8. The standard InChI is InChI=1S/C15H28F2N2O2/c1-11(12(16)17)18-9-15(5)7-6-8-19(10-15)13(20)21-14(2,3)4/h11-12,18H,6-10H2,1-5H3. The molecule has 2 unspecified atom stereocenters. The van der Waals surface area contributed by atoms with Crippen molar-refractivity contribution in [1.82, 2.24) is 10.2 Å². The Kier molecular flexibility index (Phi) is 5.96. The molecule has 1 heterocycles. The molecule has 0 aromatic heterocycles. The number of hydrogen-bond donors (Lipinski definition) is 1. The van der Waals surface area contributed by atoms with Crippen LogP contribution in [0.5, 0.6) is 0 Å². The second-order valence-corrected chi connectivity index (χ2v) is 7.32. The van der Waals surface area contributed by atoms with Gasteiger partial charge < -0.3 is 15.0 Å². The minimum Gasteiger partial charge on any atom is -0.444 e. The zero-order valence-corrected chi connectivity index (χ0v) is 13.7. The fourth-order valence-corrected chi connectivity index (χ4v) is 2.44. The third kappa shape index (κ3) is 6.16. The summed E-state index contributed by atoms with van der Waals surface area (Å²) >= 11 is 0. The fourth-order valence-electron chi connectivity index (χ4n) is 2.44. The van der Waals surface area contributed by atoms with Crippen molar-refractivity contribution >= 4 is 6.09 Å². The van der Waals surface area contributed by atoms with Crippen molar-refractivity contribution in [3.63, 3.8) is 0 Å². The second-order valence-electron chi connectivity index (χ2n) is 7.32. The molecule has 4 nitrogen and oxygen atoms in total. The predicted molar refractivity (Wildman–Crippen MR) is 78.6 cm³/mol. The molecule has 2 atom stereocenters. The van der Waals surface area contributed by atoms with Gasteiger partial charge in [0, 0.05) is 19.6 Å². The van der Waals surface area contributed by atoms with Crippen molar-refractivity contribution in [2.45, 2.75) is 65.5 Å². The molecule has 0 spiro atoms. The maximum absolute atomic E-state index is 12.6. The smallest absolute Gasteiger partial charge is 0.410 e. The molecule has 0 aromatic rings. The molecule has 124 valence electrons. The van der Waals surface area contributed by atoms with E-state index in [1.165, 1.54) is 6.92 Å². The number of rotatable bonds is 4. The van der Waals surface area contributed by atoms with Gasteiger partial charge in [-0.3, -0.25) is 0 Å². The normalized spacial score (nSPS) is 25.0. The zero-order valence-electron chi connectivity index (χ0n) is 13.7. The van der Waals surface area contributed by atoms with Crippen LogP contribution in [-0.2, 0) is 4.74 Å². The zero-order chi connectivity index (χ0) is 16.3. The summed E-state index contributed by atoms with van der Waals surface area (Å²) in [6, 6.07) is -0.835. The molecule has 21 heavy (non-hydrogen) atoms. The molecule has 0 saturated carbocycles. The Bertz CT molecular complexity index is 358. The summed E-state index contributed by atoms with van der Waals surface area (Å²) in [5, 5.41) is 2.87. The van der Waals surface area contributed by atoms with Crippen molar-refractivity contribution < 1.29 is 18.3 Å². The van der Waals surface area contributed by atoms with E-state index in [0.29, 0.717) is 19.6 Å². The SMILES string of the molecule is CC(NCC1(C)CCCN(C(=O)OC(C)(C)C)C1)C(F)F. The summed E-state index contributed by atoms with van der Waals surface area (Å²) in [6.07, 6.45) is -0.926. The van der Waals surface area contributed by atoms with E-state index >= 15 is 0 Å². The molecular weight excluding hydrogens is 278 g/mol. The van der Waals surface area contributed by atoms with Gasteiger partial charge in [-0.15, -0.1) is 0 Å². The molecule has 0 radical (unpaired) electrons. The molecule has 1 aliphatic heterocycles. The summed E-state index contributed by atoms with van der Waals surface area (Å²) in [7, 11) is 0. The summed E-state index contributed by atoms with van der Waals surface area (Å²) in [6.45, 7) is 10.7. The Morgan fingerprint density at radius 3 is 2.57 bits per heavy atom. The fraction of sp³-hybridized carbons (Fsp3) is 0.933. The first-order chi connectivity index (χ1) is 9.52. The third-order valence-electron chi connectivity index (χ3n) is 3.66. The first-order valence-corrected chi connectivity index (χ1v) is 7.52. The van der Waals surface area contributed by atoms with Crippen LogP contribution in [0.15, 0.2) is 0 Å². The topological polar surface area (TPSA) is 41.6 Å². The Hall–Kier alpha value is -0.910. The van der Waals surface area contributed by atoms with Crippen molar-refractivity contribution in [3.05, 3.63) is 0 Å². The van der Waals surface area contributed by atoms with E-state index in [1.54, 1.807) is 4.90 Å². The number of amides is 1. The molecule has 1 aliphatic rings. The maximum atomic E-state index is 12.6. The van der Waals surface area contributed by atoms with Crippen LogP contribution < -0.4 is 5.32 Å². The lowest BCUT2D eigenvalue weighted by atomic mass is 9.81. The summed E-state index contributed by atoms with van der Waals surface area (Å²) in [5.41, 5.74) is -0.717. The van der Waals surface area contributed by atoms with Crippen molar-refractivity contribution in [1.29, 1.82) is 0 Å². The molecule has 1 amide bonds. The van der Waals surface area contributed by atoms with E-state index in [2.05, 4.69) is 5.32 Å². The van der Waals surface area contributed by atoms with Gasteiger partial charge in [-0.2, -0.15) is 0 Å². The summed E-state index contributed by atoms with van der Waals surface area (Å²) < 4.78 is 30.5. The highest BCUT2D eigenvalue weighted by Gasteiger charge is 2.35. The van der Waals surface area contributed by atoms with Crippen LogP contribution >= 0.6 is 0 Å². The minimum atomic E-state index is -2.38.